The predicted molar refractivity (Wildman–Crippen MR) is 147 cm³/mol. The molecule has 12 heteroatoms. The van der Waals surface area contributed by atoms with Crippen LogP contribution in [0.3, 0.4) is 0 Å². The molecule has 4 heterocycles. The first-order valence-corrected chi connectivity index (χ1v) is 15.0. The number of aryl methyl sites for hydroxylation is 2. The van der Waals surface area contributed by atoms with Crippen LogP contribution in [-0.2, 0) is 26.4 Å². The standard InChI is InChI=1S/C27H31N7O4S/c1-16-29-25-20(30-19-10-9-18(12-22(19)39(3,36)37)21-14-28-15-33(21)2)13-23(32-27(35)17-7-8-17)31-26(25)34(16)24-6-4-5-11-38-24/h9-10,12-15,17,24H,4-8,11H2,1-3H3,(H2,30,31,32,35). The largest absolute Gasteiger partial charge is 0.358 e. The maximum absolute atomic E-state index is 12.9. The third-order valence-electron chi connectivity index (χ3n) is 7.23. The van der Waals surface area contributed by atoms with Crippen molar-refractivity contribution in [3.8, 4) is 11.3 Å². The number of anilines is 3. The van der Waals surface area contributed by atoms with E-state index < -0.39 is 9.84 Å². The lowest BCUT2D eigenvalue weighted by molar-refractivity contribution is -0.117. The summed E-state index contributed by atoms with van der Waals surface area (Å²) in [7, 11) is -1.75. The van der Waals surface area contributed by atoms with Crippen molar-refractivity contribution in [2.24, 2.45) is 13.0 Å². The number of imidazole rings is 2. The molecule has 2 fully saturated rings. The smallest absolute Gasteiger partial charge is 0.228 e. The molecule has 1 saturated heterocycles. The van der Waals surface area contributed by atoms with Crippen LogP contribution in [-0.4, -0.2) is 51.3 Å². The van der Waals surface area contributed by atoms with Crippen LogP contribution >= 0.6 is 0 Å². The summed E-state index contributed by atoms with van der Waals surface area (Å²) < 4.78 is 35.7. The zero-order chi connectivity index (χ0) is 27.3. The van der Waals surface area contributed by atoms with Crippen molar-refractivity contribution in [1.29, 1.82) is 0 Å². The summed E-state index contributed by atoms with van der Waals surface area (Å²) in [6.07, 6.45) is 8.96. The number of amides is 1. The Kier molecular flexibility index (Phi) is 6.38. The van der Waals surface area contributed by atoms with E-state index in [9.17, 15) is 13.2 Å². The van der Waals surface area contributed by atoms with E-state index in [1.54, 1.807) is 30.7 Å². The molecule has 2 aliphatic rings. The summed E-state index contributed by atoms with van der Waals surface area (Å²) >= 11 is 0. The van der Waals surface area contributed by atoms with E-state index in [0.29, 0.717) is 35.0 Å². The minimum absolute atomic E-state index is 0.00335. The van der Waals surface area contributed by atoms with Gasteiger partial charge < -0.3 is 19.9 Å². The van der Waals surface area contributed by atoms with Gasteiger partial charge >= 0.3 is 0 Å². The van der Waals surface area contributed by atoms with Gasteiger partial charge in [0.2, 0.25) is 5.91 Å². The Morgan fingerprint density at radius 2 is 1.92 bits per heavy atom. The van der Waals surface area contributed by atoms with Crippen molar-refractivity contribution in [2.75, 3.05) is 23.5 Å². The van der Waals surface area contributed by atoms with Gasteiger partial charge in [0.1, 0.15) is 23.4 Å². The molecule has 1 aliphatic heterocycles. The van der Waals surface area contributed by atoms with Gasteiger partial charge in [-0.15, -0.1) is 0 Å². The summed E-state index contributed by atoms with van der Waals surface area (Å²) in [5.74, 6) is 1.05. The highest BCUT2D eigenvalue weighted by atomic mass is 32.2. The van der Waals surface area contributed by atoms with Crippen molar-refractivity contribution in [1.82, 2.24) is 24.1 Å². The average molecular weight is 550 g/mol. The Labute approximate surface area is 226 Å². The fourth-order valence-corrected chi connectivity index (χ4v) is 5.91. The summed E-state index contributed by atoms with van der Waals surface area (Å²) in [5, 5.41) is 6.24. The first-order chi connectivity index (χ1) is 18.7. The number of ether oxygens (including phenoxy) is 1. The number of fused-ring (bicyclic) bond motifs is 1. The molecule has 39 heavy (non-hydrogen) atoms. The second kappa shape index (κ2) is 9.76. The van der Waals surface area contributed by atoms with E-state index >= 15 is 0 Å². The summed E-state index contributed by atoms with van der Waals surface area (Å²) in [5.41, 5.74) is 3.61. The van der Waals surface area contributed by atoms with Crippen LogP contribution in [0.5, 0.6) is 0 Å². The van der Waals surface area contributed by atoms with E-state index in [0.717, 1.165) is 49.2 Å². The zero-order valence-corrected chi connectivity index (χ0v) is 23.0. The van der Waals surface area contributed by atoms with Gasteiger partial charge in [0, 0.05) is 37.5 Å². The third-order valence-corrected chi connectivity index (χ3v) is 8.37. The van der Waals surface area contributed by atoms with Crippen LogP contribution < -0.4 is 10.6 Å². The molecule has 1 aliphatic carbocycles. The third kappa shape index (κ3) is 5.01. The van der Waals surface area contributed by atoms with E-state index in [2.05, 4.69) is 15.6 Å². The highest BCUT2D eigenvalue weighted by Crippen LogP contribution is 2.37. The molecule has 204 valence electrons. The molecule has 2 N–H and O–H groups in total. The van der Waals surface area contributed by atoms with Crippen LogP contribution in [0.25, 0.3) is 22.4 Å². The summed E-state index contributed by atoms with van der Waals surface area (Å²) in [6, 6.07) is 6.94. The van der Waals surface area contributed by atoms with Crippen LogP contribution in [0, 0.1) is 12.8 Å². The number of hydrogen-bond donors (Lipinski definition) is 2. The number of nitrogens with zero attached hydrogens (tertiary/aromatic N) is 5. The molecule has 0 bridgehead atoms. The van der Waals surface area contributed by atoms with Gasteiger partial charge in [0.15, 0.2) is 15.5 Å². The number of carbonyl (C=O) groups is 1. The monoisotopic (exact) mass is 549 g/mol. The molecule has 11 nitrogen and oxygen atoms in total. The Morgan fingerprint density at radius 1 is 1.10 bits per heavy atom. The van der Waals surface area contributed by atoms with Gasteiger partial charge in [-0.2, -0.15) is 0 Å². The van der Waals surface area contributed by atoms with Crippen LogP contribution in [0.4, 0.5) is 17.2 Å². The van der Waals surface area contributed by atoms with Crippen molar-refractivity contribution in [3.05, 3.63) is 42.6 Å². The molecule has 1 unspecified atom stereocenters. The lowest BCUT2D eigenvalue weighted by Crippen LogP contribution is -2.20. The Balaban J connectivity index is 1.47. The fourth-order valence-electron chi connectivity index (χ4n) is 5.05. The first kappa shape index (κ1) is 25.5. The second-order valence-electron chi connectivity index (χ2n) is 10.3. The Morgan fingerprint density at radius 3 is 2.59 bits per heavy atom. The number of carbonyl (C=O) groups excluding carboxylic acids is 1. The van der Waals surface area contributed by atoms with Gasteiger partial charge in [-0.25, -0.2) is 23.4 Å². The molecule has 4 aromatic rings. The zero-order valence-electron chi connectivity index (χ0n) is 22.1. The van der Waals surface area contributed by atoms with Crippen molar-refractivity contribution in [2.45, 2.75) is 50.2 Å². The highest BCUT2D eigenvalue weighted by Gasteiger charge is 2.31. The molecule has 6 rings (SSSR count). The van der Waals surface area contributed by atoms with Crippen molar-refractivity contribution >= 4 is 44.1 Å². The molecule has 1 amide bonds. The Hall–Kier alpha value is -3.77. The number of nitrogens with one attached hydrogen (secondary N) is 2. The maximum Gasteiger partial charge on any atom is 0.228 e. The molecule has 0 spiro atoms. The average Bonchev–Trinajstić information content (AvgIpc) is 3.58. The number of aromatic nitrogens is 5. The lowest BCUT2D eigenvalue weighted by atomic mass is 10.1. The predicted octanol–water partition coefficient (Wildman–Crippen LogP) is 4.33. The molecular weight excluding hydrogens is 518 g/mol. The number of hydrogen-bond acceptors (Lipinski definition) is 8. The maximum atomic E-state index is 12.9. The summed E-state index contributed by atoms with van der Waals surface area (Å²) in [6.45, 7) is 2.56. The van der Waals surface area contributed by atoms with E-state index in [1.165, 1.54) is 6.26 Å². The number of benzene rings is 1. The van der Waals surface area contributed by atoms with Gasteiger partial charge in [-0.05, 0) is 51.2 Å². The second-order valence-corrected chi connectivity index (χ2v) is 12.3. The normalized spacial score (nSPS) is 17.9. The highest BCUT2D eigenvalue weighted by molar-refractivity contribution is 7.90. The number of rotatable bonds is 7. The number of pyridine rings is 1. The van der Waals surface area contributed by atoms with Crippen molar-refractivity contribution in [3.63, 3.8) is 0 Å². The van der Waals surface area contributed by atoms with E-state index in [-0.39, 0.29) is 22.9 Å². The molecular formula is C27H31N7O4S. The first-order valence-electron chi connectivity index (χ1n) is 13.1. The Bertz CT molecular complexity index is 1680. The SMILES string of the molecule is Cc1nc2c(Nc3ccc(-c4cncn4C)cc3S(C)(=O)=O)cc(NC(=O)C3CC3)nc2n1C1CCCCO1. The molecule has 1 saturated carbocycles. The van der Waals surface area contributed by atoms with E-state index in [1.807, 2.05) is 29.2 Å². The van der Waals surface area contributed by atoms with Crippen molar-refractivity contribution < 1.29 is 17.9 Å². The van der Waals surface area contributed by atoms with Gasteiger partial charge in [0.05, 0.1) is 34.5 Å². The molecule has 0 radical (unpaired) electrons. The quantitative estimate of drug-likeness (QED) is 0.348. The van der Waals surface area contributed by atoms with Crippen LogP contribution in [0.15, 0.2) is 41.7 Å². The minimum Gasteiger partial charge on any atom is -0.358 e. The topological polar surface area (TPSA) is 133 Å². The van der Waals surface area contributed by atoms with Gasteiger partial charge in [0.25, 0.3) is 0 Å². The lowest BCUT2D eigenvalue weighted by Gasteiger charge is -2.25. The van der Waals surface area contributed by atoms with Gasteiger partial charge in [-0.3, -0.25) is 9.36 Å². The summed E-state index contributed by atoms with van der Waals surface area (Å²) in [4.78, 5) is 26.5. The van der Waals surface area contributed by atoms with E-state index in [4.69, 9.17) is 14.7 Å². The molecule has 1 atom stereocenters. The molecule has 3 aromatic heterocycles. The van der Waals surface area contributed by atoms with Crippen LogP contribution in [0.1, 0.15) is 44.2 Å². The van der Waals surface area contributed by atoms with Crippen LogP contribution in [0.2, 0.25) is 0 Å². The fraction of sp³-hybridized carbons (Fsp3) is 0.407. The van der Waals surface area contributed by atoms with Gasteiger partial charge in [-0.1, -0.05) is 6.07 Å². The minimum atomic E-state index is -3.61. The molecule has 1 aromatic carbocycles. The number of sulfone groups is 1.